The molecular formula is C19H22O2. The molecule has 2 heteroatoms. The van der Waals surface area contributed by atoms with E-state index in [2.05, 4.69) is 32.9 Å². The molecule has 0 aromatic heterocycles. The summed E-state index contributed by atoms with van der Waals surface area (Å²) < 4.78 is 5.90. The standard InChI is InChI=1S/C19H22O2/c1-4-13-7-5-6-8-16(13)18(20)14-9-10-17-15(11-14)12-19(2,3)21-17/h5-11,18,20H,4,12H2,1-3H3. The van der Waals surface area contributed by atoms with Crippen LogP contribution in [0.5, 0.6) is 5.75 Å². The molecule has 0 aliphatic carbocycles. The van der Waals surface area contributed by atoms with Crippen LogP contribution < -0.4 is 4.74 Å². The monoisotopic (exact) mass is 282 g/mol. The van der Waals surface area contributed by atoms with E-state index in [1.165, 1.54) is 11.1 Å². The zero-order valence-corrected chi connectivity index (χ0v) is 12.9. The lowest BCUT2D eigenvalue weighted by Gasteiger charge is -2.16. The van der Waals surface area contributed by atoms with Gasteiger partial charge in [-0.3, -0.25) is 0 Å². The topological polar surface area (TPSA) is 29.5 Å². The Kier molecular flexibility index (Phi) is 3.50. The van der Waals surface area contributed by atoms with Gasteiger partial charge in [0.05, 0.1) is 0 Å². The van der Waals surface area contributed by atoms with E-state index in [9.17, 15) is 5.11 Å². The highest BCUT2D eigenvalue weighted by Gasteiger charge is 2.30. The summed E-state index contributed by atoms with van der Waals surface area (Å²) in [5.74, 6) is 0.944. The molecule has 1 heterocycles. The molecule has 1 atom stereocenters. The van der Waals surface area contributed by atoms with Gasteiger partial charge in [0.1, 0.15) is 17.5 Å². The fourth-order valence-electron chi connectivity index (χ4n) is 3.10. The van der Waals surface area contributed by atoms with Gasteiger partial charge in [-0.05, 0) is 54.7 Å². The smallest absolute Gasteiger partial charge is 0.123 e. The van der Waals surface area contributed by atoms with Crippen LogP contribution in [-0.2, 0) is 12.8 Å². The molecule has 0 fully saturated rings. The molecule has 2 aromatic carbocycles. The van der Waals surface area contributed by atoms with Crippen LogP contribution in [0.4, 0.5) is 0 Å². The number of aryl methyl sites for hydroxylation is 1. The van der Waals surface area contributed by atoms with Crippen molar-refractivity contribution in [3.63, 3.8) is 0 Å². The van der Waals surface area contributed by atoms with Gasteiger partial charge in [0.15, 0.2) is 0 Å². The van der Waals surface area contributed by atoms with Crippen LogP contribution in [0.25, 0.3) is 0 Å². The quantitative estimate of drug-likeness (QED) is 0.920. The van der Waals surface area contributed by atoms with Crippen LogP contribution in [-0.4, -0.2) is 10.7 Å². The van der Waals surface area contributed by atoms with Crippen molar-refractivity contribution >= 4 is 0 Å². The van der Waals surface area contributed by atoms with Gasteiger partial charge in [0.25, 0.3) is 0 Å². The van der Waals surface area contributed by atoms with Gasteiger partial charge >= 0.3 is 0 Å². The molecular weight excluding hydrogens is 260 g/mol. The van der Waals surface area contributed by atoms with Gasteiger partial charge in [0.2, 0.25) is 0 Å². The Morgan fingerprint density at radius 3 is 2.71 bits per heavy atom. The Bertz CT molecular complexity index is 658. The lowest BCUT2D eigenvalue weighted by Crippen LogP contribution is -2.24. The summed E-state index contributed by atoms with van der Waals surface area (Å²) in [6.45, 7) is 6.30. The average Bonchev–Trinajstić information content (AvgIpc) is 2.79. The van der Waals surface area contributed by atoms with Crippen LogP contribution in [0, 0.1) is 0 Å². The lowest BCUT2D eigenvalue weighted by atomic mass is 9.93. The highest BCUT2D eigenvalue weighted by molar-refractivity contribution is 5.45. The summed E-state index contributed by atoms with van der Waals surface area (Å²) in [6, 6.07) is 14.1. The molecule has 1 aliphatic rings. The van der Waals surface area contributed by atoms with Gasteiger partial charge < -0.3 is 9.84 Å². The van der Waals surface area contributed by atoms with Crippen LogP contribution in [0.1, 0.15) is 49.1 Å². The Balaban J connectivity index is 1.95. The second-order valence-corrected chi connectivity index (χ2v) is 6.36. The first-order valence-electron chi connectivity index (χ1n) is 7.58. The van der Waals surface area contributed by atoms with Crippen molar-refractivity contribution in [3.8, 4) is 5.75 Å². The molecule has 1 unspecified atom stereocenters. The number of aliphatic hydroxyl groups excluding tert-OH is 1. The van der Waals surface area contributed by atoms with E-state index in [1.54, 1.807) is 0 Å². The van der Waals surface area contributed by atoms with Crippen molar-refractivity contribution in [2.24, 2.45) is 0 Å². The summed E-state index contributed by atoms with van der Waals surface area (Å²) in [7, 11) is 0. The first-order valence-corrected chi connectivity index (χ1v) is 7.58. The predicted octanol–water partition coefficient (Wildman–Crippen LogP) is 4.04. The van der Waals surface area contributed by atoms with Gasteiger partial charge in [-0.1, -0.05) is 37.3 Å². The van der Waals surface area contributed by atoms with Gasteiger partial charge in [-0.25, -0.2) is 0 Å². The van der Waals surface area contributed by atoms with Gasteiger partial charge in [-0.15, -0.1) is 0 Å². The fourth-order valence-corrected chi connectivity index (χ4v) is 3.10. The third-order valence-corrected chi connectivity index (χ3v) is 4.13. The highest BCUT2D eigenvalue weighted by atomic mass is 16.5. The molecule has 2 nitrogen and oxygen atoms in total. The van der Waals surface area contributed by atoms with E-state index < -0.39 is 6.10 Å². The molecule has 0 radical (unpaired) electrons. The van der Waals surface area contributed by atoms with E-state index in [0.717, 1.165) is 29.7 Å². The van der Waals surface area contributed by atoms with Crippen molar-refractivity contribution in [2.75, 3.05) is 0 Å². The third-order valence-electron chi connectivity index (χ3n) is 4.13. The van der Waals surface area contributed by atoms with Crippen LogP contribution >= 0.6 is 0 Å². The van der Waals surface area contributed by atoms with Crippen LogP contribution in [0.3, 0.4) is 0 Å². The molecule has 0 amide bonds. The first kappa shape index (κ1) is 14.2. The molecule has 0 spiro atoms. The lowest BCUT2D eigenvalue weighted by molar-refractivity contribution is 0.138. The second-order valence-electron chi connectivity index (χ2n) is 6.36. The highest BCUT2D eigenvalue weighted by Crippen LogP contribution is 2.37. The second kappa shape index (κ2) is 5.19. The zero-order chi connectivity index (χ0) is 15.0. The average molecular weight is 282 g/mol. The largest absolute Gasteiger partial charge is 0.487 e. The van der Waals surface area contributed by atoms with Gasteiger partial charge in [0, 0.05) is 6.42 Å². The minimum absolute atomic E-state index is 0.146. The van der Waals surface area contributed by atoms with Crippen molar-refractivity contribution in [1.82, 2.24) is 0 Å². The van der Waals surface area contributed by atoms with E-state index in [1.807, 2.05) is 30.3 Å². The van der Waals surface area contributed by atoms with Gasteiger partial charge in [-0.2, -0.15) is 0 Å². The Morgan fingerprint density at radius 2 is 1.95 bits per heavy atom. The predicted molar refractivity (Wildman–Crippen MR) is 84.7 cm³/mol. The molecule has 0 bridgehead atoms. The number of fused-ring (bicyclic) bond motifs is 1. The normalized spacial score (nSPS) is 17.1. The summed E-state index contributed by atoms with van der Waals surface area (Å²) in [4.78, 5) is 0. The third kappa shape index (κ3) is 2.68. The number of benzene rings is 2. The summed E-state index contributed by atoms with van der Waals surface area (Å²) in [5.41, 5.74) is 4.18. The molecule has 1 N–H and O–H groups in total. The Morgan fingerprint density at radius 1 is 1.19 bits per heavy atom. The van der Waals surface area contributed by atoms with Crippen molar-refractivity contribution in [1.29, 1.82) is 0 Å². The maximum absolute atomic E-state index is 10.7. The van der Waals surface area contributed by atoms with Crippen molar-refractivity contribution in [3.05, 3.63) is 64.7 Å². The summed E-state index contributed by atoms with van der Waals surface area (Å²) >= 11 is 0. The zero-order valence-electron chi connectivity index (χ0n) is 12.9. The minimum atomic E-state index is -0.574. The van der Waals surface area contributed by atoms with Crippen LogP contribution in [0.15, 0.2) is 42.5 Å². The maximum atomic E-state index is 10.7. The fraction of sp³-hybridized carbons (Fsp3) is 0.368. The molecule has 1 aliphatic heterocycles. The molecule has 110 valence electrons. The van der Waals surface area contributed by atoms with E-state index in [4.69, 9.17) is 4.74 Å². The molecule has 3 rings (SSSR count). The Labute approximate surface area is 126 Å². The maximum Gasteiger partial charge on any atom is 0.123 e. The van der Waals surface area contributed by atoms with E-state index in [0.29, 0.717) is 0 Å². The van der Waals surface area contributed by atoms with Crippen molar-refractivity contribution < 1.29 is 9.84 Å². The number of hydrogen-bond donors (Lipinski definition) is 1. The number of rotatable bonds is 3. The summed E-state index contributed by atoms with van der Waals surface area (Å²) in [5, 5.41) is 10.7. The van der Waals surface area contributed by atoms with E-state index >= 15 is 0 Å². The molecule has 21 heavy (non-hydrogen) atoms. The van der Waals surface area contributed by atoms with Crippen LogP contribution in [0.2, 0.25) is 0 Å². The number of hydrogen-bond acceptors (Lipinski definition) is 2. The summed E-state index contributed by atoms with van der Waals surface area (Å²) in [6.07, 6.45) is 1.24. The SMILES string of the molecule is CCc1ccccc1C(O)c1ccc2c(c1)CC(C)(C)O2. The minimum Gasteiger partial charge on any atom is -0.487 e. The molecule has 0 saturated carbocycles. The number of aliphatic hydroxyl groups is 1. The molecule has 0 saturated heterocycles. The van der Waals surface area contributed by atoms with E-state index in [-0.39, 0.29) is 5.60 Å². The number of ether oxygens (including phenoxy) is 1. The molecule has 2 aromatic rings. The van der Waals surface area contributed by atoms with Crippen molar-refractivity contribution in [2.45, 2.75) is 45.3 Å². The Hall–Kier alpha value is -1.80. The first-order chi connectivity index (χ1) is 10.00.